The zero-order valence-corrected chi connectivity index (χ0v) is 20.3. The number of carbonyl (C=O) groups excluding carboxylic acids is 2. The van der Waals surface area contributed by atoms with Gasteiger partial charge in [-0.1, -0.05) is 23.7 Å². The van der Waals surface area contributed by atoms with Crippen LogP contribution in [0.25, 0.3) is 17.0 Å². The average Bonchev–Trinajstić information content (AvgIpc) is 3.35. The lowest BCUT2D eigenvalue weighted by atomic mass is 10.1. The van der Waals surface area contributed by atoms with E-state index in [9.17, 15) is 22.8 Å². The molecule has 3 heterocycles. The highest BCUT2D eigenvalue weighted by Gasteiger charge is 2.37. The van der Waals surface area contributed by atoms with E-state index in [1.165, 1.54) is 21.7 Å². The third-order valence-electron chi connectivity index (χ3n) is 5.94. The van der Waals surface area contributed by atoms with E-state index in [4.69, 9.17) is 16.3 Å². The van der Waals surface area contributed by atoms with Crippen LogP contribution in [0.3, 0.4) is 0 Å². The summed E-state index contributed by atoms with van der Waals surface area (Å²) in [4.78, 5) is 26.8. The van der Waals surface area contributed by atoms with Crippen LogP contribution in [-0.2, 0) is 22.3 Å². The fourth-order valence-electron chi connectivity index (χ4n) is 4.20. The Balaban J connectivity index is 1.36. The Morgan fingerprint density at radius 3 is 2.81 bits per heavy atom. The maximum absolute atomic E-state index is 13.5. The van der Waals surface area contributed by atoms with Gasteiger partial charge in [-0.2, -0.15) is 18.3 Å². The summed E-state index contributed by atoms with van der Waals surface area (Å²) in [7, 11) is 0. The number of nitrogens with one attached hydrogen (secondary N) is 1. The molecule has 2 aliphatic heterocycles. The number of hydrogen-bond donors (Lipinski definition) is 1. The summed E-state index contributed by atoms with van der Waals surface area (Å²) in [5.41, 5.74) is 0.550. The Morgan fingerprint density at radius 2 is 2.06 bits per heavy atom. The fourth-order valence-corrected chi connectivity index (χ4v) is 5.22. The van der Waals surface area contributed by atoms with Crippen molar-refractivity contribution < 1.29 is 27.5 Å². The topological polar surface area (TPSA) is 76.5 Å². The van der Waals surface area contributed by atoms with Crippen molar-refractivity contribution in [1.82, 2.24) is 20.0 Å². The number of nitrogens with zero attached hydrogens (tertiary/aromatic N) is 3. The lowest BCUT2D eigenvalue weighted by Crippen LogP contribution is -2.49. The van der Waals surface area contributed by atoms with Crippen LogP contribution >= 0.6 is 23.4 Å². The first-order valence-corrected chi connectivity index (χ1v) is 12.3. The van der Waals surface area contributed by atoms with Crippen LogP contribution in [0.1, 0.15) is 16.7 Å². The van der Waals surface area contributed by atoms with Crippen LogP contribution in [0.2, 0.25) is 5.02 Å². The van der Waals surface area contributed by atoms with Gasteiger partial charge < -0.3 is 10.1 Å². The Labute approximate surface area is 213 Å². The van der Waals surface area contributed by atoms with E-state index in [0.29, 0.717) is 41.1 Å². The predicted molar refractivity (Wildman–Crippen MR) is 131 cm³/mol. The zero-order valence-electron chi connectivity index (χ0n) is 18.7. The average molecular weight is 537 g/mol. The van der Waals surface area contributed by atoms with Gasteiger partial charge in [-0.05, 0) is 53.2 Å². The molecule has 5 rings (SSSR count). The monoisotopic (exact) mass is 536 g/mol. The molecule has 12 heteroatoms. The summed E-state index contributed by atoms with van der Waals surface area (Å²) in [5.74, 6) is -0.365. The Bertz CT molecular complexity index is 1370. The summed E-state index contributed by atoms with van der Waals surface area (Å²) < 4.78 is 47.3. The second kappa shape index (κ2) is 9.89. The molecule has 0 unspecified atom stereocenters. The van der Waals surface area contributed by atoms with Gasteiger partial charge in [0.25, 0.3) is 11.1 Å². The van der Waals surface area contributed by atoms with Crippen LogP contribution in [0.4, 0.5) is 18.0 Å². The third kappa shape index (κ3) is 5.15. The quantitative estimate of drug-likeness (QED) is 0.473. The molecule has 0 spiro atoms. The lowest BCUT2D eigenvalue weighted by molar-refractivity contribution is -0.138. The number of rotatable bonds is 5. The standard InChI is InChI=1S/C24H20ClF3N4O3S/c25-17-3-2-15(19(9-17)24(26,27)28)11-32-20-4-1-14(7-16(20)10-30-32)8-21-22(33)31(23(34)36-21)12-18-13-35-6-5-29-18/h1-4,7-10,18,29H,5-6,11-13H2/t18-/m1/s1. The van der Waals surface area contributed by atoms with Gasteiger partial charge in [-0.15, -0.1) is 0 Å². The summed E-state index contributed by atoms with van der Waals surface area (Å²) in [6, 6.07) is 8.80. The molecule has 1 N–H and O–H groups in total. The van der Waals surface area contributed by atoms with Gasteiger partial charge in [0.15, 0.2) is 0 Å². The Kier molecular flexibility index (Phi) is 6.82. The van der Waals surface area contributed by atoms with E-state index >= 15 is 0 Å². The zero-order chi connectivity index (χ0) is 25.4. The van der Waals surface area contributed by atoms with E-state index in [1.54, 1.807) is 30.5 Å². The molecule has 1 aromatic heterocycles. The maximum atomic E-state index is 13.5. The first kappa shape index (κ1) is 24.8. The smallest absolute Gasteiger partial charge is 0.378 e. The Hall–Kier alpha value is -2.86. The first-order valence-electron chi connectivity index (χ1n) is 11.1. The molecule has 7 nitrogen and oxygen atoms in total. The maximum Gasteiger partial charge on any atom is 0.416 e. The molecule has 0 aliphatic carbocycles. The molecule has 2 aromatic carbocycles. The second-order valence-corrected chi connectivity index (χ2v) is 9.87. The van der Waals surface area contributed by atoms with Crippen LogP contribution < -0.4 is 5.32 Å². The number of ether oxygens (including phenoxy) is 1. The second-order valence-electron chi connectivity index (χ2n) is 8.44. The molecule has 3 aromatic rings. The van der Waals surface area contributed by atoms with Gasteiger partial charge in [-0.3, -0.25) is 19.2 Å². The van der Waals surface area contributed by atoms with Crippen molar-refractivity contribution >= 4 is 51.5 Å². The number of aromatic nitrogens is 2. The van der Waals surface area contributed by atoms with Crippen LogP contribution in [0.5, 0.6) is 0 Å². The summed E-state index contributed by atoms with van der Waals surface area (Å²) >= 11 is 6.65. The molecule has 2 amide bonds. The molecule has 2 fully saturated rings. The molecule has 36 heavy (non-hydrogen) atoms. The molecular weight excluding hydrogens is 517 g/mol. The van der Waals surface area contributed by atoms with E-state index in [-0.39, 0.29) is 40.9 Å². The van der Waals surface area contributed by atoms with Crippen LogP contribution in [0, 0.1) is 0 Å². The number of thioether (sulfide) groups is 1. The predicted octanol–water partition coefficient (Wildman–Crippen LogP) is 4.78. The van der Waals surface area contributed by atoms with Crippen molar-refractivity contribution in [2.24, 2.45) is 0 Å². The highest BCUT2D eigenvalue weighted by atomic mass is 35.5. The van der Waals surface area contributed by atoms with Gasteiger partial charge in [0.2, 0.25) is 0 Å². The number of alkyl halides is 3. The minimum absolute atomic E-state index is 0.00814. The summed E-state index contributed by atoms with van der Waals surface area (Å²) in [5, 5.41) is 7.84. The normalized spacial score (nSPS) is 20.2. The van der Waals surface area contributed by atoms with Gasteiger partial charge in [0, 0.05) is 29.5 Å². The highest BCUT2D eigenvalue weighted by Crippen LogP contribution is 2.35. The molecule has 188 valence electrons. The number of amides is 2. The molecule has 0 bridgehead atoms. The van der Waals surface area contributed by atoms with Crippen molar-refractivity contribution in [3.63, 3.8) is 0 Å². The fraction of sp³-hybridized carbons (Fsp3) is 0.292. The van der Waals surface area contributed by atoms with Crippen LogP contribution in [0.15, 0.2) is 47.5 Å². The Morgan fingerprint density at radius 1 is 1.22 bits per heavy atom. The third-order valence-corrected chi connectivity index (χ3v) is 7.08. The molecule has 2 saturated heterocycles. The first-order chi connectivity index (χ1) is 17.2. The number of hydrogen-bond acceptors (Lipinski definition) is 6. The summed E-state index contributed by atoms with van der Waals surface area (Å²) in [6.07, 6.45) is -1.36. The summed E-state index contributed by atoms with van der Waals surface area (Å²) in [6.45, 7) is 1.84. The van der Waals surface area contributed by atoms with E-state index in [0.717, 1.165) is 17.8 Å². The van der Waals surface area contributed by atoms with Crippen molar-refractivity contribution in [3.8, 4) is 0 Å². The van der Waals surface area contributed by atoms with Crippen molar-refractivity contribution in [3.05, 3.63) is 69.2 Å². The van der Waals surface area contributed by atoms with Crippen molar-refractivity contribution in [2.75, 3.05) is 26.3 Å². The minimum Gasteiger partial charge on any atom is -0.378 e. The lowest BCUT2D eigenvalue weighted by Gasteiger charge is -2.26. The number of halogens is 4. The van der Waals surface area contributed by atoms with Crippen molar-refractivity contribution in [1.29, 1.82) is 0 Å². The SMILES string of the molecule is O=C1SC(=Cc2ccc3c(cnn3Cc3ccc(Cl)cc3C(F)(F)F)c2)C(=O)N1C[C@@H]1COCCN1. The molecule has 0 saturated carbocycles. The highest BCUT2D eigenvalue weighted by molar-refractivity contribution is 8.18. The molecule has 1 atom stereocenters. The largest absolute Gasteiger partial charge is 0.416 e. The number of carbonyl (C=O) groups is 2. The van der Waals surface area contributed by atoms with Gasteiger partial charge in [0.1, 0.15) is 0 Å². The number of benzene rings is 2. The van der Waals surface area contributed by atoms with E-state index < -0.39 is 11.7 Å². The van der Waals surface area contributed by atoms with E-state index in [1.807, 2.05) is 0 Å². The van der Waals surface area contributed by atoms with Gasteiger partial charge in [0.05, 0.1) is 41.9 Å². The number of morpholine rings is 1. The van der Waals surface area contributed by atoms with Gasteiger partial charge >= 0.3 is 6.18 Å². The van der Waals surface area contributed by atoms with E-state index in [2.05, 4.69) is 10.4 Å². The molecule has 2 aliphatic rings. The number of fused-ring (bicyclic) bond motifs is 1. The van der Waals surface area contributed by atoms with Gasteiger partial charge in [-0.25, -0.2) is 0 Å². The van der Waals surface area contributed by atoms with Crippen molar-refractivity contribution in [2.45, 2.75) is 18.8 Å². The molecule has 0 radical (unpaired) electrons. The minimum atomic E-state index is -4.54. The number of imide groups is 1. The molecular formula is C24H20ClF3N4O3S. The van der Waals surface area contributed by atoms with Crippen LogP contribution in [-0.4, -0.2) is 58.2 Å².